The summed E-state index contributed by atoms with van der Waals surface area (Å²) in [6.45, 7) is 11.1. The highest BCUT2D eigenvalue weighted by atomic mass is 15.2. The lowest BCUT2D eigenvalue weighted by Crippen LogP contribution is -2.42. The molecule has 0 radical (unpaired) electrons. The standard InChI is InChI=1S/C16H27N3/c1-5-17-13(3)16-9-8-15(11-18-16)19-10-6-7-12(2)14(19)4/h8-9,11-14,17H,5-7,10H2,1-4H3. The van der Waals surface area contributed by atoms with E-state index >= 15 is 0 Å². The Bertz CT molecular complexity index is 387. The Morgan fingerprint density at radius 1 is 1.42 bits per heavy atom. The van der Waals surface area contributed by atoms with Gasteiger partial charge in [0.15, 0.2) is 0 Å². The first-order valence-electron chi connectivity index (χ1n) is 7.59. The third-order valence-electron chi connectivity index (χ3n) is 4.43. The zero-order chi connectivity index (χ0) is 13.8. The average Bonchev–Trinajstić information content (AvgIpc) is 2.42. The van der Waals surface area contributed by atoms with E-state index in [2.05, 4.69) is 55.0 Å². The van der Waals surface area contributed by atoms with Gasteiger partial charge in [-0.15, -0.1) is 0 Å². The van der Waals surface area contributed by atoms with Crippen LogP contribution in [-0.4, -0.2) is 24.1 Å². The fourth-order valence-electron chi connectivity index (χ4n) is 2.93. The Hall–Kier alpha value is -1.09. The van der Waals surface area contributed by atoms with Gasteiger partial charge >= 0.3 is 0 Å². The molecule has 2 rings (SSSR count). The van der Waals surface area contributed by atoms with Crippen LogP contribution in [0.15, 0.2) is 18.3 Å². The van der Waals surface area contributed by atoms with Crippen LogP contribution in [0.4, 0.5) is 5.69 Å². The van der Waals surface area contributed by atoms with E-state index in [4.69, 9.17) is 0 Å². The highest BCUT2D eigenvalue weighted by Crippen LogP contribution is 2.28. The molecule has 1 aromatic heterocycles. The van der Waals surface area contributed by atoms with E-state index < -0.39 is 0 Å². The van der Waals surface area contributed by atoms with Gasteiger partial charge in [0.05, 0.1) is 17.6 Å². The number of pyridine rings is 1. The van der Waals surface area contributed by atoms with Crippen LogP contribution in [0.1, 0.15) is 52.3 Å². The van der Waals surface area contributed by atoms with E-state index in [1.54, 1.807) is 0 Å². The molecule has 1 aromatic rings. The smallest absolute Gasteiger partial charge is 0.0572 e. The third-order valence-corrected chi connectivity index (χ3v) is 4.43. The van der Waals surface area contributed by atoms with Gasteiger partial charge in [0.2, 0.25) is 0 Å². The fraction of sp³-hybridized carbons (Fsp3) is 0.688. The van der Waals surface area contributed by atoms with Crippen LogP contribution in [0.3, 0.4) is 0 Å². The average molecular weight is 261 g/mol. The lowest BCUT2D eigenvalue weighted by atomic mass is 9.92. The summed E-state index contributed by atoms with van der Waals surface area (Å²) in [7, 11) is 0. The van der Waals surface area contributed by atoms with Crippen molar-refractivity contribution >= 4 is 5.69 Å². The first-order chi connectivity index (χ1) is 9.13. The van der Waals surface area contributed by atoms with Gasteiger partial charge in [-0.3, -0.25) is 4.98 Å². The largest absolute Gasteiger partial charge is 0.367 e. The lowest BCUT2D eigenvalue weighted by Gasteiger charge is -2.39. The summed E-state index contributed by atoms with van der Waals surface area (Å²) < 4.78 is 0. The Kier molecular flexibility index (Phi) is 4.81. The molecule has 3 atom stereocenters. The first kappa shape index (κ1) is 14.3. The quantitative estimate of drug-likeness (QED) is 0.900. The van der Waals surface area contributed by atoms with E-state index in [-0.39, 0.29) is 0 Å². The number of nitrogens with zero attached hydrogens (tertiary/aromatic N) is 2. The summed E-state index contributed by atoms with van der Waals surface area (Å²) in [5.41, 5.74) is 2.40. The molecule has 0 amide bonds. The second kappa shape index (κ2) is 6.38. The second-order valence-electron chi connectivity index (χ2n) is 5.77. The normalized spacial score (nSPS) is 25.4. The van der Waals surface area contributed by atoms with Gasteiger partial charge in [-0.1, -0.05) is 13.8 Å². The Labute approximate surface area is 117 Å². The minimum atomic E-state index is 0.330. The van der Waals surface area contributed by atoms with E-state index in [9.17, 15) is 0 Å². The molecular weight excluding hydrogens is 234 g/mol. The highest BCUT2D eigenvalue weighted by molar-refractivity contribution is 5.46. The molecule has 1 saturated heterocycles. The van der Waals surface area contributed by atoms with E-state index in [1.807, 2.05) is 6.20 Å². The minimum Gasteiger partial charge on any atom is -0.367 e. The predicted molar refractivity (Wildman–Crippen MR) is 81.5 cm³/mol. The number of rotatable bonds is 4. The Morgan fingerprint density at radius 2 is 2.21 bits per heavy atom. The van der Waals surface area contributed by atoms with Gasteiger partial charge in [0, 0.05) is 18.6 Å². The van der Waals surface area contributed by atoms with Crippen LogP contribution in [0.5, 0.6) is 0 Å². The van der Waals surface area contributed by atoms with Crippen LogP contribution in [0, 0.1) is 5.92 Å². The maximum Gasteiger partial charge on any atom is 0.0572 e. The van der Waals surface area contributed by atoms with Crippen molar-refractivity contribution in [3.63, 3.8) is 0 Å². The van der Waals surface area contributed by atoms with Crippen LogP contribution in [0.2, 0.25) is 0 Å². The fourth-order valence-corrected chi connectivity index (χ4v) is 2.93. The maximum atomic E-state index is 4.63. The van der Waals surface area contributed by atoms with Gasteiger partial charge in [0.1, 0.15) is 0 Å². The monoisotopic (exact) mass is 261 g/mol. The summed E-state index contributed by atoms with van der Waals surface area (Å²) in [5.74, 6) is 0.772. The van der Waals surface area contributed by atoms with Crippen molar-refractivity contribution < 1.29 is 0 Å². The number of hydrogen-bond acceptors (Lipinski definition) is 3. The van der Waals surface area contributed by atoms with Gasteiger partial charge in [-0.2, -0.15) is 0 Å². The maximum absolute atomic E-state index is 4.63. The van der Waals surface area contributed by atoms with E-state index in [0.29, 0.717) is 12.1 Å². The number of hydrogen-bond donors (Lipinski definition) is 1. The topological polar surface area (TPSA) is 28.2 Å². The molecule has 0 aliphatic carbocycles. The van der Waals surface area contributed by atoms with Crippen LogP contribution in [-0.2, 0) is 0 Å². The molecule has 0 spiro atoms. The van der Waals surface area contributed by atoms with Crippen LogP contribution >= 0.6 is 0 Å². The molecule has 2 heterocycles. The van der Waals surface area contributed by atoms with Crippen molar-refractivity contribution in [2.45, 2.75) is 52.6 Å². The summed E-state index contributed by atoms with van der Waals surface area (Å²) in [5, 5.41) is 3.40. The highest BCUT2D eigenvalue weighted by Gasteiger charge is 2.24. The van der Waals surface area contributed by atoms with E-state index in [1.165, 1.54) is 18.5 Å². The minimum absolute atomic E-state index is 0.330. The molecule has 1 fully saturated rings. The van der Waals surface area contributed by atoms with Gasteiger partial charge in [-0.25, -0.2) is 0 Å². The molecule has 3 heteroatoms. The summed E-state index contributed by atoms with van der Waals surface area (Å²) in [6, 6.07) is 5.34. The molecule has 0 saturated carbocycles. The first-order valence-corrected chi connectivity index (χ1v) is 7.59. The van der Waals surface area contributed by atoms with Gasteiger partial charge in [0.25, 0.3) is 0 Å². The SMILES string of the molecule is CCNC(C)c1ccc(N2CCCC(C)C2C)cn1. The van der Waals surface area contributed by atoms with Gasteiger partial charge < -0.3 is 10.2 Å². The summed E-state index contributed by atoms with van der Waals surface area (Å²) in [4.78, 5) is 7.13. The van der Waals surface area contributed by atoms with Crippen molar-refractivity contribution in [3.8, 4) is 0 Å². The number of piperidine rings is 1. The van der Waals surface area contributed by atoms with E-state index in [0.717, 1.165) is 24.7 Å². The van der Waals surface area contributed by atoms with Crippen LogP contribution in [0.25, 0.3) is 0 Å². The number of anilines is 1. The van der Waals surface area contributed by atoms with Crippen molar-refractivity contribution in [1.82, 2.24) is 10.3 Å². The Balaban J connectivity index is 2.09. The van der Waals surface area contributed by atoms with Gasteiger partial charge in [-0.05, 0) is 51.3 Å². The Morgan fingerprint density at radius 3 is 2.84 bits per heavy atom. The molecule has 0 aromatic carbocycles. The molecule has 106 valence electrons. The zero-order valence-electron chi connectivity index (χ0n) is 12.7. The van der Waals surface area contributed by atoms with Crippen molar-refractivity contribution in [1.29, 1.82) is 0 Å². The molecule has 3 nitrogen and oxygen atoms in total. The third kappa shape index (κ3) is 3.27. The molecule has 1 aliphatic heterocycles. The molecule has 19 heavy (non-hydrogen) atoms. The zero-order valence-corrected chi connectivity index (χ0v) is 12.7. The van der Waals surface area contributed by atoms with Crippen molar-refractivity contribution in [2.24, 2.45) is 5.92 Å². The van der Waals surface area contributed by atoms with Crippen LogP contribution < -0.4 is 10.2 Å². The predicted octanol–water partition coefficient (Wildman–Crippen LogP) is 3.38. The molecule has 1 aliphatic rings. The second-order valence-corrected chi connectivity index (χ2v) is 5.77. The summed E-state index contributed by atoms with van der Waals surface area (Å²) >= 11 is 0. The van der Waals surface area contributed by atoms with Crippen molar-refractivity contribution in [3.05, 3.63) is 24.0 Å². The summed E-state index contributed by atoms with van der Waals surface area (Å²) in [6.07, 6.45) is 4.68. The number of nitrogens with one attached hydrogen (secondary N) is 1. The molecule has 3 unspecified atom stereocenters. The molecule has 0 bridgehead atoms. The molecule has 1 N–H and O–H groups in total. The number of aromatic nitrogens is 1. The van der Waals surface area contributed by atoms with Crippen molar-refractivity contribution in [2.75, 3.05) is 18.0 Å². The lowest BCUT2D eigenvalue weighted by molar-refractivity contribution is 0.363. The molecular formula is C16H27N3.